The summed E-state index contributed by atoms with van der Waals surface area (Å²) in [5.74, 6) is 0. The third-order valence-electron chi connectivity index (χ3n) is 3.74. The van der Waals surface area contributed by atoms with Crippen molar-refractivity contribution in [2.45, 2.75) is 58.2 Å². The molecule has 1 aliphatic carbocycles. The van der Waals surface area contributed by atoms with Crippen molar-refractivity contribution < 1.29 is 9.47 Å². The maximum Gasteiger partial charge on any atom is 0.157 e. The molecule has 1 heterocycles. The molecule has 0 aromatic carbocycles. The van der Waals surface area contributed by atoms with Crippen LogP contribution >= 0.6 is 0 Å². The Morgan fingerprint density at radius 2 is 1.71 bits per heavy atom. The molecule has 0 atom stereocenters. The van der Waals surface area contributed by atoms with Gasteiger partial charge in [0.05, 0.1) is 13.2 Å². The summed E-state index contributed by atoms with van der Waals surface area (Å²) < 4.78 is 10.9. The molecule has 0 bridgehead atoms. The summed E-state index contributed by atoms with van der Waals surface area (Å²) >= 11 is 0. The zero-order valence-electron chi connectivity index (χ0n) is 9.26. The zero-order chi connectivity index (χ0) is 9.86. The van der Waals surface area contributed by atoms with Crippen LogP contribution in [0.4, 0.5) is 0 Å². The highest BCUT2D eigenvalue weighted by Gasteiger charge is 2.28. The maximum atomic E-state index is 5.47. The van der Waals surface area contributed by atoms with Gasteiger partial charge in [0.15, 0.2) is 6.29 Å². The van der Waals surface area contributed by atoms with Gasteiger partial charge >= 0.3 is 0 Å². The Bertz CT molecular complexity index is 167. The molecule has 2 fully saturated rings. The highest BCUT2D eigenvalue weighted by molar-refractivity contribution is 4.78. The van der Waals surface area contributed by atoms with Gasteiger partial charge in [-0.05, 0) is 31.1 Å². The topological polar surface area (TPSA) is 18.5 Å². The standard InChI is InChI=1S/C12H22O2/c1-12(6-3-2-4-7-12)8-5-11-13-9-10-14-11/h11H,2-10H2,1H3. The molecule has 2 nitrogen and oxygen atoms in total. The van der Waals surface area contributed by atoms with Crippen molar-refractivity contribution in [3.63, 3.8) is 0 Å². The summed E-state index contributed by atoms with van der Waals surface area (Å²) in [6.07, 6.45) is 9.56. The monoisotopic (exact) mass is 198 g/mol. The fraction of sp³-hybridized carbons (Fsp3) is 1.00. The normalized spacial score (nSPS) is 28.1. The second-order valence-electron chi connectivity index (χ2n) is 5.08. The Hall–Kier alpha value is -0.0800. The minimum atomic E-state index is 0.105. The molecule has 1 aliphatic heterocycles. The molecule has 0 aromatic heterocycles. The van der Waals surface area contributed by atoms with Crippen LogP contribution in [-0.4, -0.2) is 19.5 Å². The van der Waals surface area contributed by atoms with E-state index in [9.17, 15) is 0 Å². The van der Waals surface area contributed by atoms with Crippen molar-refractivity contribution in [2.24, 2.45) is 5.41 Å². The van der Waals surface area contributed by atoms with Crippen LogP contribution in [0.3, 0.4) is 0 Å². The first-order chi connectivity index (χ1) is 6.79. The molecule has 0 aromatic rings. The summed E-state index contributed by atoms with van der Waals surface area (Å²) in [5, 5.41) is 0. The molecule has 2 heteroatoms. The van der Waals surface area contributed by atoms with Crippen LogP contribution in [0.1, 0.15) is 51.9 Å². The molecule has 1 saturated carbocycles. The molecule has 2 aliphatic rings. The predicted molar refractivity (Wildman–Crippen MR) is 56.1 cm³/mol. The average Bonchev–Trinajstić information content (AvgIpc) is 2.69. The lowest BCUT2D eigenvalue weighted by atomic mass is 9.73. The predicted octanol–water partition coefficient (Wildman–Crippen LogP) is 3.11. The van der Waals surface area contributed by atoms with E-state index < -0.39 is 0 Å². The second kappa shape index (κ2) is 4.63. The lowest BCUT2D eigenvalue weighted by Gasteiger charge is -2.34. The number of hydrogen-bond acceptors (Lipinski definition) is 2. The second-order valence-corrected chi connectivity index (χ2v) is 5.08. The smallest absolute Gasteiger partial charge is 0.157 e. The maximum absolute atomic E-state index is 5.47. The van der Waals surface area contributed by atoms with E-state index in [0.29, 0.717) is 5.41 Å². The van der Waals surface area contributed by atoms with Crippen molar-refractivity contribution in [3.8, 4) is 0 Å². The Balaban J connectivity index is 1.72. The number of rotatable bonds is 3. The van der Waals surface area contributed by atoms with Crippen molar-refractivity contribution in [1.82, 2.24) is 0 Å². The van der Waals surface area contributed by atoms with E-state index in [2.05, 4.69) is 6.92 Å². The van der Waals surface area contributed by atoms with E-state index in [1.807, 2.05) is 0 Å². The Kier molecular flexibility index (Phi) is 3.45. The zero-order valence-corrected chi connectivity index (χ0v) is 9.26. The first-order valence-electron chi connectivity index (χ1n) is 6.02. The van der Waals surface area contributed by atoms with E-state index in [1.54, 1.807) is 0 Å². The Morgan fingerprint density at radius 1 is 1.07 bits per heavy atom. The van der Waals surface area contributed by atoms with E-state index in [0.717, 1.165) is 19.6 Å². The summed E-state index contributed by atoms with van der Waals surface area (Å²) in [4.78, 5) is 0. The first-order valence-corrected chi connectivity index (χ1v) is 6.02. The highest BCUT2D eigenvalue weighted by atomic mass is 16.7. The van der Waals surface area contributed by atoms with Gasteiger partial charge < -0.3 is 9.47 Å². The number of ether oxygens (including phenoxy) is 2. The van der Waals surface area contributed by atoms with Gasteiger partial charge in [0.1, 0.15) is 0 Å². The third kappa shape index (κ3) is 2.71. The molecular formula is C12H22O2. The Labute approximate surface area is 87.0 Å². The van der Waals surface area contributed by atoms with Crippen LogP contribution in [0.15, 0.2) is 0 Å². The lowest BCUT2D eigenvalue weighted by Crippen LogP contribution is -2.22. The molecule has 0 spiro atoms. The summed E-state index contributed by atoms with van der Waals surface area (Å²) in [7, 11) is 0. The van der Waals surface area contributed by atoms with E-state index in [4.69, 9.17) is 9.47 Å². The minimum absolute atomic E-state index is 0.105. The van der Waals surface area contributed by atoms with Crippen molar-refractivity contribution in [3.05, 3.63) is 0 Å². The molecular weight excluding hydrogens is 176 g/mol. The van der Waals surface area contributed by atoms with Crippen LogP contribution in [-0.2, 0) is 9.47 Å². The van der Waals surface area contributed by atoms with Crippen molar-refractivity contribution in [2.75, 3.05) is 13.2 Å². The third-order valence-corrected chi connectivity index (χ3v) is 3.74. The number of hydrogen-bond donors (Lipinski definition) is 0. The fourth-order valence-electron chi connectivity index (χ4n) is 2.70. The molecule has 82 valence electrons. The van der Waals surface area contributed by atoms with Crippen LogP contribution in [0, 0.1) is 5.41 Å². The SMILES string of the molecule is CC1(CCC2OCCO2)CCCCC1. The van der Waals surface area contributed by atoms with Gasteiger partial charge in [-0.1, -0.05) is 26.2 Å². The van der Waals surface area contributed by atoms with Crippen LogP contribution in [0.2, 0.25) is 0 Å². The van der Waals surface area contributed by atoms with Gasteiger partial charge in [0.25, 0.3) is 0 Å². The summed E-state index contributed by atoms with van der Waals surface area (Å²) in [6, 6.07) is 0. The van der Waals surface area contributed by atoms with Crippen LogP contribution in [0.5, 0.6) is 0 Å². The van der Waals surface area contributed by atoms with Gasteiger partial charge in [0.2, 0.25) is 0 Å². The molecule has 0 unspecified atom stereocenters. The van der Waals surface area contributed by atoms with E-state index in [1.165, 1.54) is 38.5 Å². The molecule has 14 heavy (non-hydrogen) atoms. The molecule has 0 radical (unpaired) electrons. The molecule has 0 amide bonds. The van der Waals surface area contributed by atoms with Gasteiger partial charge in [-0.15, -0.1) is 0 Å². The van der Waals surface area contributed by atoms with E-state index in [-0.39, 0.29) is 6.29 Å². The largest absolute Gasteiger partial charge is 0.350 e. The molecule has 2 rings (SSSR count). The fourth-order valence-corrected chi connectivity index (χ4v) is 2.70. The lowest BCUT2D eigenvalue weighted by molar-refractivity contribution is -0.0555. The first kappa shape index (κ1) is 10.4. The summed E-state index contributed by atoms with van der Waals surface area (Å²) in [6.45, 7) is 4.02. The van der Waals surface area contributed by atoms with E-state index >= 15 is 0 Å². The minimum Gasteiger partial charge on any atom is -0.350 e. The molecule has 1 saturated heterocycles. The quantitative estimate of drug-likeness (QED) is 0.693. The van der Waals surface area contributed by atoms with Crippen molar-refractivity contribution in [1.29, 1.82) is 0 Å². The Morgan fingerprint density at radius 3 is 2.36 bits per heavy atom. The van der Waals surface area contributed by atoms with Gasteiger partial charge in [-0.3, -0.25) is 0 Å². The van der Waals surface area contributed by atoms with Gasteiger partial charge in [-0.2, -0.15) is 0 Å². The highest BCUT2D eigenvalue weighted by Crippen LogP contribution is 2.40. The van der Waals surface area contributed by atoms with Crippen LogP contribution < -0.4 is 0 Å². The van der Waals surface area contributed by atoms with Crippen molar-refractivity contribution >= 4 is 0 Å². The molecule has 0 N–H and O–H groups in total. The van der Waals surface area contributed by atoms with Gasteiger partial charge in [0, 0.05) is 0 Å². The van der Waals surface area contributed by atoms with Gasteiger partial charge in [-0.25, -0.2) is 0 Å². The average molecular weight is 198 g/mol. The summed E-state index contributed by atoms with van der Waals surface area (Å²) in [5.41, 5.74) is 0.577. The van der Waals surface area contributed by atoms with Crippen LogP contribution in [0.25, 0.3) is 0 Å².